The predicted octanol–water partition coefficient (Wildman–Crippen LogP) is 3.25. The van der Waals surface area contributed by atoms with E-state index in [1.807, 2.05) is 62.7 Å². The molecule has 0 N–H and O–H groups in total. The largest absolute Gasteiger partial charge is 0.277 e. The van der Waals surface area contributed by atoms with Gasteiger partial charge in [-0.15, -0.1) is 0 Å². The first kappa shape index (κ1) is 13.6. The molecule has 0 saturated carbocycles. The third-order valence-corrected chi connectivity index (χ3v) is 3.52. The molecule has 2 aromatic heterocycles. The Morgan fingerprint density at radius 2 is 1.71 bits per heavy atom. The summed E-state index contributed by atoms with van der Waals surface area (Å²) in [5.74, 6) is 0. The van der Waals surface area contributed by atoms with Gasteiger partial charge in [0.2, 0.25) is 0 Å². The molecule has 0 atom stereocenters. The first-order valence-corrected chi connectivity index (χ1v) is 7.06. The quantitative estimate of drug-likeness (QED) is 0.687. The van der Waals surface area contributed by atoms with Crippen LogP contribution in [0, 0.1) is 6.92 Å². The van der Waals surface area contributed by atoms with Crippen LogP contribution in [0.1, 0.15) is 26.3 Å². The monoisotopic (exact) mass is 281 g/mol. The van der Waals surface area contributed by atoms with E-state index in [0.717, 1.165) is 5.69 Å². The summed E-state index contributed by atoms with van der Waals surface area (Å²) >= 11 is 0. The first-order chi connectivity index (χ1) is 9.89. The number of aryl methyl sites for hydroxylation is 1. The average molecular weight is 281 g/mol. The van der Waals surface area contributed by atoms with E-state index in [4.69, 9.17) is 0 Å². The zero-order chi connectivity index (χ0) is 15.2. The van der Waals surface area contributed by atoms with Crippen LogP contribution in [0.5, 0.6) is 0 Å². The number of hydrogen-bond acceptors (Lipinski definition) is 2. The maximum absolute atomic E-state index is 12.7. The summed E-state index contributed by atoms with van der Waals surface area (Å²) in [5, 5.41) is 0.646. The average Bonchev–Trinajstić information content (AvgIpc) is 2.74. The maximum Gasteiger partial charge on any atom is 0.277 e. The maximum atomic E-state index is 12.7. The molecular formula is C17H19N3O. The lowest BCUT2D eigenvalue weighted by Crippen LogP contribution is -2.36. The molecule has 0 aliphatic heterocycles. The van der Waals surface area contributed by atoms with Gasteiger partial charge in [0.1, 0.15) is 0 Å². The first-order valence-electron chi connectivity index (χ1n) is 7.06. The van der Waals surface area contributed by atoms with E-state index < -0.39 is 0 Å². The highest BCUT2D eigenvalue weighted by molar-refractivity contribution is 5.76. The smallest absolute Gasteiger partial charge is 0.267 e. The third-order valence-electron chi connectivity index (χ3n) is 3.52. The Balaban J connectivity index is 2.45. The lowest BCUT2D eigenvalue weighted by molar-refractivity contribution is 0.323. The summed E-state index contributed by atoms with van der Waals surface area (Å²) in [6.07, 6.45) is 1.72. The summed E-state index contributed by atoms with van der Waals surface area (Å²) in [4.78, 5) is 17.2. The van der Waals surface area contributed by atoms with Crippen LogP contribution < -0.4 is 5.56 Å². The van der Waals surface area contributed by atoms with Gasteiger partial charge in [-0.05, 0) is 52.0 Å². The van der Waals surface area contributed by atoms with Crippen LogP contribution in [-0.2, 0) is 5.54 Å². The molecule has 0 fully saturated rings. The zero-order valence-corrected chi connectivity index (χ0v) is 12.8. The molecule has 0 bridgehead atoms. The molecule has 0 aliphatic rings. The molecule has 108 valence electrons. The third kappa shape index (κ3) is 2.17. The van der Waals surface area contributed by atoms with Gasteiger partial charge < -0.3 is 0 Å². The van der Waals surface area contributed by atoms with Crippen molar-refractivity contribution in [1.29, 1.82) is 0 Å². The Kier molecular flexibility index (Phi) is 2.97. The molecule has 0 radical (unpaired) electrons. The molecule has 2 heterocycles. The summed E-state index contributed by atoms with van der Waals surface area (Å²) in [5.41, 5.74) is 2.49. The van der Waals surface area contributed by atoms with Crippen LogP contribution in [0.25, 0.3) is 16.7 Å². The Morgan fingerprint density at radius 3 is 2.33 bits per heavy atom. The van der Waals surface area contributed by atoms with Gasteiger partial charge in [0, 0.05) is 6.20 Å². The second-order valence-electron chi connectivity index (χ2n) is 6.31. The van der Waals surface area contributed by atoms with Gasteiger partial charge in [0.05, 0.1) is 16.6 Å². The molecule has 4 heteroatoms. The number of fused-ring (bicyclic) bond motifs is 1. The highest BCUT2D eigenvalue weighted by Gasteiger charge is 2.24. The van der Waals surface area contributed by atoms with E-state index in [2.05, 4.69) is 4.98 Å². The normalized spacial score (nSPS) is 12.0. The number of pyridine rings is 1. The van der Waals surface area contributed by atoms with E-state index in [-0.39, 0.29) is 11.1 Å². The van der Waals surface area contributed by atoms with Crippen molar-refractivity contribution in [2.75, 3.05) is 0 Å². The van der Waals surface area contributed by atoms with Crippen LogP contribution in [0.2, 0.25) is 0 Å². The Morgan fingerprint density at radius 1 is 1.05 bits per heavy atom. The van der Waals surface area contributed by atoms with Crippen LogP contribution >= 0.6 is 0 Å². The molecular weight excluding hydrogens is 262 g/mol. The van der Waals surface area contributed by atoms with Gasteiger partial charge in [0.15, 0.2) is 5.65 Å². The summed E-state index contributed by atoms with van der Waals surface area (Å²) in [6, 6.07) is 11.8. The topological polar surface area (TPSA) is 39.8 Å². The van der Waals surface area contributed by atoms with E-state index >= 15 is 0 Å². The Hall–Kier alpha value is -2.36. The van der Waals surface area contributed by atoms with Gasteiger partial charge in [-0.3, -0.25) is 4.79 Å². The van der Waals surface area contributed by atoms with Gasteiger partial charge in [-0.2, -0.15) is 0 Å². The van der Waals surface area contributed by atoms with Crippen molar-refractivity contribution in [1.82, 2.24) is 14.3 Å². The molecule has 0 unspecified atom stereocenters. The summed E-state index contributed by atoms with van der Waals surface area (Å²) < 4.78 is 3.69. The van der Waals surface area contributed by atoms with E-state index in [1.54, 1.807) is 16.9 Å². The number of nitrogens with zero attached hydrogens (tertiary/aromatic N) is 3. The summed E-state index contributed by atoms with van der Waals surface area (Å²) in [6.45, 7) is 8.13. The van der Waals surface area contributed by atoms with Gasteiger partial charge in [-0.25, -0.2) is 14.3 Å². The van der Waals surface area contributed by atoms with Gasteiger partial charge >= 0.3 is 0 Å². The molecule has 3 aromatic rings. The van der Waals surface area contributed by atoms with Crippen molar-refractivity contribution in [2.24, 2.45) is 0 Å². The highest BCUT2D eigenvalue weighted by Crippen LogP contribution is 2.21. The zero-order valence-electron chi connectivity index (χ0n) is 12.8. The summed E-state index contributed by atoms with van der Waals surface area (Å²) in [7, 11) is 0. The molecule has 0 aliphatic carbocycles. The van der Waals surface area contributed by atoms with Crippen LogP contribution in [0.3, 0.4) is 0 Å². The van der Waals surface area contributed by atoms with E-state index in [0.29, 0.717) is 11.0 Å². The van der Waals surface area contributed by atoms with Crippen LogP contribution in [-0.4, -0.2) is 14.3 Å². The minimum atomic E-state index is -0.331. The Bertz CT molecular complexity index is 848. The highest BCUT2D eigenvalue weighted by atomic mass is 16.1. The predicted molar refractivity (Wildman–Crippen MR) is 85.1 cm³/mol. The fraction of sp³-hybridized carbons (Fsp3) is 0.294. The molecule has 3 rings (SSSR count). The number of hydrogen-bond donors (Lipinski definition) is 0. The number of rotatable bonds is 1. The van der Waals surface area contributed by atoms with Gasteiger partial charge in [0.25, 0.3) is 5.56 Å². The fourth-order valence-corrected chi connectivity index (χ4v) is 2.56. The molecule has 1 aromatic carbocycles. The number of aromatic nitrogens is 3. The molecule has 0 amide bonds. The minimum absolute atomic E-state index is 0.00817. The van der Waals surface area contributed by atoms with Crippen molar-refractivity contribution in [2.45, 2.75) is 33.2 Å². The molecule has 0 saturated heterocycles. The van der Waals surface area contributed by atoms with E-state index in [1.165, 1.54) is 5.56 Å². The molecule has 21 heavy (non-hydrogen) atoms. The van der Waals surface area contributed by atoms with Crippen molar-refractivity contribution in [3.05, 3.63) is 58.5 Å². The fourth-order valence-electron chi connectivity index (χ4n) is 2.56. The lowest BCUT2D eigenvalue weighted by Gasteiger charge is -2.24. The number of benzene rings is 1. The standard InChI is InChI=1S/C17H19N3O/c1-12-7-9-13(10-8-12)19-15-14(6-5-11-18-15)16(21)20(19)17(2,3)4/h5-11H,1-4H3. The lowest BCUT2D eigenvalue weighted by atomic mass is 10.1. The van der Waals surface area contributed by atoms with Crippen LogP contribution in [0.4, 0.5) is 0 Å². The SMILES string of the molecule is Cc1ccc(-n2c3ncccc3c(=O)n2C(C)(C)C)cc1. The van der Waals surface area contributed by atoms with E-state index in [9.17, 15) is 4.79 Å². The molecule has 0 spiro atoms. The van der Waals surface area contributed by atoms with Crippen molar-refractivity contribution in [3.63, 3.8) is 0 Å². The molecule has 4 nitrogen and oxygen atoms in total. The Labute approximate surface area is 123 Å². The van der Waals surface area contributed by atoms with Crippen LogP contribution in [0.15, 0.2) is 47.4 Å². The van der Waals surface area contributed by atoms with Crippen molar-refractivity contribution in [3.8, 4) is 5.69 Å². The second-order valence-corrected chi connectivity index (χ2v) is 6.31. The van der Waals surface area contributed by atoms with Crippen molar-refractivity contribution < 1.29 is 0 Å². The van der Waals surface area contributed by atoms with Gasteiger partial charge in [-0.1, -0.05) is 17.7 Å². The van der Waals surface area contributed by atoms with Crippen molar-refractivity contribution >= 4 is 11.0 Å². The minimum Gasteiger partial charge on any atom is -0.267 e. The second kappa shape index (κ2) is 4.58.